The average molecular weight is 450 g/mol. The Morgan fingerprint density at radius 1 is 1.03 bits per heavy atom. The molecule has 1 heterocycles. The predicted molar refractivity (Wildman–Crippen MR) is 118 cm³/mol. The molecule has 2 aromatic carbocycles. The number of hydrogen-bond acceptors (Lipinski definition) is 5. The first-order valence-corrected chi connectivity index (χ1v) is 11.7. The molecule has 1 aliphatic rings. The standard InChI is InChI=1S/C22H28FN3O4S/c1-4-26(5-2)31(28,29)19-10-11-21(30-3)20(16-19)22(27)25-14-12-24(13-15-25)18-8-6-17(23)7-9-18/h6-11,16H,4-5,12-15H2,1-3H3. The summed E-state index contributed by atoms with van der Waals surface area (Å²) in [5.74, 6) is -0.221. The third-order valence-electron chi connectivity index (χ3n) is 5.50. The van der Waals surface area contributed by atoms with E-state index in [-0.39, 0.29) is 22.2 Å². The zero-order chi connectivity index (χ0) is 22.6. The summed E-state index contributed by atoms with van der Waals surface area (Å²) >= 11 is 0. The summed E-state index contributed by atoms with van der Waals surface area (Å²) in [4.78, 5) is 17.1. The first kappa shape index (κ1) is 23.0. The van der Waals surface area contributed by atoms with Gasteiger partial charge in [0, 0.05) is 45.0 Å². The number of ether oxygens (including phenoxy) is 1. The Morgan fingerprint density at radius 2 is 1.65 bits per heavy atom. The Hall–Kier alpha value is -2.65. The van der Waals surface area contributed by atoms with Crippen LogP contribution in [-0.2, 0) is 10.0 Å². The van der Waals surface area contributed by atoms with Gasteiger partial charge in [0.25, 0.3) is 5.91 Å². The van der Waals surface area contributed by atoms with Crippen LogP contribution in [0.2, 0.25) is 0 Å². The monoisotopic (exact) mass is 449 g/mol. The van der Waals surface area contributed by atoms with E-state index in [1.807, 2.05) is 0 Å². The number of benzene rings is 2. The highest BCUT2D eigenvalue weighted by Gasteiger charge is 2.28. The van der Waals surface area contributed by atoms with Gasteiger partial charge in [0.2, 0.25) is 10.0 Å². The maximum atomic E-state index is 13.2. The molecule has 0 N–H and O–H groups in total. The normalized spacial score (nSPS) is 14.7. The molecule has 0 aromatic heterocycles. The number of halogens is 1. The zero-order valence-corrected chi connectivity index (χ0v) is 18.9. The van der Waals surface area contributed by atoms with Gasteiger partial charge >= 0.3 is 0 Å². The van der Waals surface area contributed by atoms with Crippen LogP contribution in [0.15, 0.2) is 47.4 Å². The molecule has 0 saturated carbocycles. The predicted octanol–water partition coefficient (Wildman–Crippen LogP) is 2.83. The highest BCUT2D eigenvalue weighted by Crippen LogP contribution is 2.27. The van der Waals surface area contributed by atoms with Crippen LogP contribution in [0, 0.1) is 5.82 Å². The van der Waals surface area contributed by atoms with Gasteiger partial charge in [-0.2, -0.15) is 4.31 Å². The van der Waals surface area contributed by atoms with Gasteiger partial charge in [0.05, 0.1) is 17.6 Å². The number of carbonyl (C=O) groups excluding carboxylic acids is 1. The second-order valence-corrected chi connectivity index (χ2v) is 9.15. The lowest BCUT2D eigenvalue weighted by molar-refractivity contribution is 0.0743. The topological polar surface area (TPSA) is 70.2 Å². The number of piperazine rings is 1. The Morgan fingerprint density at radius 3 is 2.19 bits per heavy atom. The van der Waals surface area contributed by atoms with Gasteiger partial charge in [-0.1, -0.05) is 13.8 Å². The number of methoxy groups -OCH3 is 1. The Kier molecular flexibility index (Phi) is 7.17. The minimum atomic E-state index is -3.69. The summed E-state index contributed by atoms with van der Waals surface area (Å²) in [6, 6.07) is 10.7. The molecule has 168 valence electrons. The van der Waals surface area contributed by atoms with E-state index in [1.165, 1.54) is 41.7 Å². The Labute approximate surface area is 183 Å². The maximum Gasteiger partial charge on any atom is 0.257 e. The smallest absolute Gasteiger partial charge is 0.257 e. The molecule has 31 heavy (non-hydrogen) atoms. The van der Waals surface area contributed by atoms with Crippen molar-refractivity contribution in [2.75, 3.05) is 51.3 Å². The van der Waals surface area contributed by atoms with Gasteiger partial charge < -0.3 is 14.5 Å². The number of sulfonamides is 1. The lowest BCUT2D eigenvalue weighted by Gasteiger charge is -2.36. The third-order valence-corrected chi connectivity index (χ3v) is 7.55. The quantitative estimate of drug-likeness (QED) is 0.650. The molecule has 9 heteroatoms. The molecule has 1 amide bonds. The van der Waals surface area contributed by atoms with Crippen LogP contribution in [0.4, 0.5) is 10.1 Å². The first-order chi connectivity index (χ1) is 14.8. The van der Waals surface area contributed by atoms with Crippen molar-refractivity contribution >= 4 is 21.6 Å². The molecule has 0 spiro atoms. The average Bonchev–Trinajstić information content (AvgIpc) is 2.79. The van der Waals surface area contributed by atoms with Gasteiger partial charge in [0.1, 0.15) is 11.6 Å². The van der Waals surface area contributed by atoms with Gasteiger partial charge in [-0.3, -0.25) is 4.79 Å². The number of anilines is 1. The summed E-state index contributed by atoms with van der Waals surface area (Å²) in [6.07, 6.45) is 0. The fourth-order valence-corrected chi connectivity index (χ4v) is 5.20. The SMILES string of the molecule is CCN(CC)S(=O)(=O)c1ccc(OC)c(C(=O)N2CCN(c3ccc(F)cc3)CC2)c1. The van der Waals surface area contributed by atoms with Gasteiger partial charge in [-0.15, -0.1) is 0 Å². The summed E-state index contributed by atoms with van der Waals surface area (Å²) in [5.41, 5.74) is 1.13. The van der Waals surface area contributed by atoms with Crippen molar-refractivity contribution in [1.82, 2.24) is 9.21 Å². The van der Waals surface area contributed by atoms with Crippen molar-refractivity contribution in [3.05, 3.63) is 53.8 Å². The second kappa shape index (κ2) is 9.65. The van der Waals surface area contributed by atoms with E-state index >= 15 is 0 Å². The van der Waals surface area contributed by atoms with Crippen molar-refractivity contribution in [3.8, 4) is 5.75 Å². The van der Waals surface area contributed by atoms with Gasteiger partial charge in [0.15, 0.2) is 0 Å². The van der Waals surface area contributed by atoms with Crippen molar-refractivity contribution < 1.29 is 22.3 Å². The molecule has 1 fully saturated rings. The molecule has 0 unspecified atom stereocenters. The van der Waals surface area contributed by atoms with E-state index in [2.05, 4.69) is 4.90 Å². The highest BCUT2D eigenvalue weighted by molar-refractivity contribution is 7.89. The minimum absolute atomic E-state index is 0.0744. The Balaban J connectivity index is 1.80. The molecule has 7 nitrogen and oxygen atoms in total. The lowest BCUT2D eigenvalue weighted by Crippen LogP contribution is -2.48. The lowest BCUT2D eigenvalue weighted by atomic mass is 10.1. The number of nitrogens with zero attached hydrogens (tertiary/aromatic N) is 3. The third kappa shape index (κ3) is 4.83. The van der Waals surface area contributed by atoms with Crippen molar-refractivity contribution in [2.45, 2.75) is 18.7 Å². The molecule has 3 rings (SSSR count). The van der Waals surface area contributed by atoms with Crippen LogP contribution in [0.5, 0.6) is 5.75 Å². The molecular formula is C22H28FN3O4S. The highest BCUT2D eigenvalue weighted by atomic mass is 32.2. The van der Waals surface area contributed by atoms with Crippen LogP contribution in [0.1, 0.15) is 24.2 Å². The van der Waals surface area contributed by atoms with Gasteiger partial charge in [-0.05, 0) is 42.5 Å². The zero-order valence-electron chi connectivity index (χ0n) is 18.0. The van der Waals surface area contributed by atoms with Gasteiger partial charge in [-0.25, -0.2) is 12.8 Å². The molecule has 0 atom stereocenters. The van der Waals surface area contributed by atoms with Crippen molar-refractivity contribution in [1.29, 1.82) is 0 Å². The number of carbonyl (C=O) groups is 1. The molecule has 0 aliphatic carbocycles. The van der Waals surface area contributed by atoms with E-state index in [4.69, 9.17) is 4.74 Å². The molecule has 1 saturated heterocycles. The number of hydrogen-bond donors (Lipinski definition) is 0. The van der Waals surface area contributed by atoms with Crippen molar-refractivity contribution in [3.63, 3.8) is 0 Å². The molecule has 0 bridgehead atoms. The van der Waals surface area contributed by atoms with Crippen LogP contribution >= 0.6 is 0 Å². The van der Waals surface area contributed by atoms with E-state index in [1.54, 1.807) is 30.9 Å². The molecule has 0 radical (unpaired) electrons. The minimum Gasteiger partial charge on any atom is -0.496 e. The first-order valence-electron chi connectivity index (χ1n) is 10.3. The van der Waals surface area contributed by atoms with E-state index in [0.717, 1.165) is 5.69 Å². The molecule has 2 aromatic rings. The van der Waals surface area contributed by atoms with Crippen LogP contribution in [-0.4, -0.2) is 69.9 Å². The summed E-state index contributed by atoms with van der Waals surface area (Å²) in [5, 5.41) is 0. The molecular weight excluding hydrogens is 421 g/mol. The van der Waals surface area contributed by atoms with E-state index in [0.29, 0.717) is 45.0 Å². The van der Waals surface area contributed by atoms with Crippen LogP contribution in [0.3, 0.4) is 0 Å². The second-order valence-electron chi connectivity index (χ2n) is 7.21. The summed E-state index contributed by atoms with van der Waals surface area (Å²) in [6.45, 7) is 6.36. The molecule has 1 aliphatic heterocycles. The number of rotatable bonds is 7. The summed E-state index contributed by atoms with van der Waals surface area (Å²) < 4.78 is 45.6. The largest absolute Gasteiger partial charge is 0.496 e. The van der Waals surface area contributed by atoms with E-state index < -0.39 is 10.0 Å². The van der Waals surface area contributed by atoms with Crippen LogP contribution in [0.25, 0.3) is 0 Å². The van der Waals surface area contributed by atoms with Crippen LogP contribution < -0.4 is 9.64 Å². The fourth-order valence-electron chi connectivity index (χ4n) is 3.72. The van der Waals surface area contributed by atoms with Crippen molar-refractivity contribution in [2.24, 2.45) is 0 Å². The Bertz CT molecular complexity index is 1020. The maximum absolute atomic E-state index is 13.2. The van der Waals surface area contributed by atoms with E-state index in [9.17, 15) is 17.6 Å². The summed E-state index contributed by atoms with van der Waals surface area (Å²) in [7, 11) is -2.24. The fraction of sp³-hybridized carbons (Fsp3) is 0.409. The number of amides is 1.